The van der Waals surface area contributed by atoms with Gasteiger partial charge in [-0.2, -0.15) is 0 Å². The van der Waals surface area contributed by atoms with Crippen LogP contribution in [0.2, 0.25) is 0 Å². The average molecular weight is 681 g/mol. The fraction of sp³-hybridized carbons (Fsp3) is 0.651. The van der Waals surface area contributed by atoms with Crippen LogP contribution in [0.4, 0.5) is 0 Å². The third kappa shape index (κ3) is 19.0. The summed E-state index contributed by atoms with van der Waals surface area (Å²) in [5.41, 5.74) is 1.58. The van der Waals surface area contributed by atoms with Crippen molar-refractivity contribution >= 4 is 23.6 Å². The van der Waals surface area contributed by atoms with E-state index >= 15 is 0 Å². The molecule has 0 spiro atoms. The van der Waals surface area contributed by atoms with E-state index in [-0.39, 0.29) is 5.78 Å². The van der Waals surface area contributed by atoms with Gasteiger partial charge in [-0.05, 0) is 61.1 Å². The van der Waals surface area contributed by atoms with Gasteiger partial charge in [0, 0.05) is 16.2 Å². The second-order valence-corrected chi connectivity index (χ2v) is 14.7. The smallest absolute Gasteiger partial charge is 0.203 e. The predicted octanol–water partition coefficient (Wildman–Crippen LogP) is 13.5. The van der Waals surface area contributed by atoms with Gasteiger partial charge >= 0.3 is 0 Å². The lowest BCUT2D eigenvalue weighted by Gasteiger charge is -2.18. The predicted molar refractivity (Wildman–Crippen MR) is 208 cm³/mol. The van der Waals surface area contributed by atoms with Crippen LogP contribution in [-0.2, 0) is 0 Å². The van der Waals surface area contributed by atoms with Gasteiger partial charge in [0.2, 0.25) is 5.75 Å². The highest BCUT2D eigenvalue weighted by Gasteiger charge is 2.18. The van der Waals surface area contributed by atoms with E-state index in [1.54, 1.807) is 6.08 Å². The number of carbonyl (C=O) groups is 1. The molecule has 0 fully saturated rings. The molecule has 4 nitrogen and oxygen atoms in total. The van der Waals surface area contributed by atoms with E-state index in [2.05, 4.69) is 58.9 Å². The molecule has 5 heteroatoms. The first-order valence-electron chi connectivity index (χ1n) is 19.5. The highest BCUT2D eigenvalue weighted by atomic mass is 32.2. The van der Waals surface area contributed by atoms with E-state index in [4.69, 9.17) is 14.2 Å². The Morgan fingerprint density at radius 1 is 0.625 bits per heavy atom. The van der Waals surface area contributed by atoms with Crippen LogP contribution in [0.5, 0.6) is 17.2 Å². The molecule has 0 aromatic heterocycles. The van der Waals surface area contributed by atoms with Gasteiger partial charge < -0.3 is 14.2 Å². The maximum Gasteiger partial charge on any atom is 0.203 e. The first-order valence-corrected chi connectivity index (χ1v) is 20.5. The topological polar surface area (TPSA) is 44.8 Å². The first kappa shape index (κ1) is 41.8. The molecule has 0 N–H and O–H groups in total. The van der Waals surface area contributed by atoms with E-state index in [0.717, 1.165) is 49.8 Å². The summed E-state index contributed by atoms with van der Waals surface area (Å²) in [5.74, 6) is 3.58. The maximum atomic E-state index is 13.6. The van der Waals surface area contributed by atoms with Crippen LogP contribution >= 0.6 is 11.8 Å². The van der Waals surface area contributed by atoms with E-state index in [1.165, 1.54) is 81.9 Å². The Morgan fingerprint density at radius 2 is 1.06 bits per heavy atom. The minimum Gasteiger partial charge on any atom is -0.490 e. The standard InChI is InChI=1S/C43H68O4S/c1-6-9-12-15-18-21-30-45-41-33-38(40(44)29-26-37-24-27-39(28-25-37)48-35-36(4)5)34-42(46-31-22-19-16-13-10-7-2)43(41)47-32-23-20-17-14-11-8-3/h24-29,33-34,36H,6-23,30-32,35H2,1-5H3. The summed E-state index contributed by atoms with van der Waals surface area (Å²) in [6.45, 7) is 13.0. The zero-order valence-electron chi connectivity index (χ0n) is 31.3. The van der Waals surface area contributed by atoms with E-state index in [0.29, 0.717) is 48.6 Å². The highest BCUT2D eigenvalue weighted by molar-refractivity contribution is 7.99. The van der Waals surface area contributed by atoms with Gasteiger partial charge in [0.25, 0.3) is 0 Å². The van der Waals surface area contributed by atoms with Crippen molar-refractivity contribution in [3.63, 3.8) is 0 Å². The van der Waals surface area contributed by atoms with E-state index in [9.17, 15) is 4.79 Å². The molecular formula is C43H68O4S. The number of rotatable bonds is 30. The van der Waals surface area contributed by atoms with Gasteiger partial charge in [-0.15, -0.1) is 11.8 Å². The molecule has 2 aromatic carbocycles. The summed E-state index contributed by atoms with van der Waals surface area (Å²) in [7, 11) is 0. The molecule has 0 aliphatic rings. The summed E-state index contributed by atoms with van der Waals surface area (Å²) in [6, 6.07) is 12.2. The number of carbonyl (C=O) groups excluding carboxylic acids is 1. The minimum absolute atomic E-state index is 0.0652. The lowest BCUT2D eigenvalue weighted by Crippen LogP contribution is -2.08. The third-order valence-electron chi connectivity index (χ3n) is 8.45. The van der Waals surface area contributed by atoms with Crippen molar-refractivity contribution in [2.24, 2.45) is 5.92 Å². The Labute approximate surface area is 299 Å². The van der Waals surface area contributed by atoms with Crippen molar-refractivity contribution in [1.29, 1.82) is 0 Å². The summed E-state index contributed by atoms with van der Waals surface area (Å²) < 4.78 is 19.2. The van der Waals surface area contributed by atoms with E-state index < -0.39 is 0 Å². The van der Waals surface area contributed by atoms with Crippen molar-refractivity contribution in [1.82, 2.24) is 0 Å². The summed E-state index contributed by atoms with van der Waals surface area (Å²) in [4.78, 5) is 14.8. The van der Waals surface area contributed by atoms with Gasteiger partial charge in [0.15, 0.2) is 17.3 Å². The van der Waals surface area contributed by atoms with Crippen LogP contribution in [-0.4, -0.2) is 31.4 Å². The van der Waals surface area contributed by atoms with Crippen molar-refractivity contribution in [2.45, 2.75) is 155 Å². The number of unbranched alkanes of at least 4 members (excludes halogenated alkanes) is 15. The molecule has 0 saturated carbocycles. The fourth-order valence-electron chi connectivity index (χ4n) is 5.47. The van der Waals surface area contributed by atoms with Crippen molar-refractivity contribution in [3.05, 3.63) is 53.6 Å². The fourth-order valence-corrected chi connectivity index (χ4v) is 6.32. The van der Waals surface area contributed by atoms with Gasteiger partial charge in [-0.25, -0.2) is 0 Å². The number of hydrogen-bond donors (Lipinski definition) is 0. The average Bonchev–Trinajstić information content (AvgIpc) is 3.09. The van der Waals surface area contributed by atoms with Gasteiger partial charge in [0.05, 0.1) is 19.8 Å². The number of ether oxygens (including phenoxy) is 3. The quantitative estimate of drug-likeness (QED) is 0.0356. The zero-order valence-corrected chi connectivity index (χ0v) is 32.1. The maximum absolute atomic E-state index is 13.6. The second-order valence-electron chi connectivity index (χ2n) is 13.6. The van der Waals surface area contributed by atoms with Crippen molar-refractivity contribution < 1.29 is 19.0 Å². The van der Waals surface area contributed by atoms with Crippen LogP contribution in [0.3, 0.4) is 0 Å². The van der Waals surface area contributed by atoms with Crippen LogP contribution in [0, 0.1) is 5.92 Å². The second kappa shape index (κ2) is 27.4. The van der Waals surface area contributed by atoms with Gasteiger partial charge in [-0.3, -0.25) is 4.79 Å². The molecule has 0 aliphatic carbocycles. The SMILES string of the molecule is CCCCCCCCOc1cc(C(=O)C=Cc2ccc(SCC(C)C)cc2)cc(OCCCCCCCC)c1OCCCCCCCC. The molecule has 0 unspecified atom stereocenters. The molecule has 48 heavy (non-hydrogen) atoms. The summed E-state index contributed by atoms with van der Waals surface area (Å²) in [6.07, 6.45) is 25.1. The molecule has 0 amide bonds. The van der Waals surface area contributed by atoms with Crippen LogP contribution < -0.4 is 14.2 Å². The number of hydrogen-bond acceptors (Lipinski definition) is 5. The lowest BCUT2D eigenvalue weighted by molar-refractivity contribution is 0.104. The first-order chi connectivity index (χ1) is 23.5. The molecule has 2 aromatic rings. The normalized spacial score (nSPS) is 11.5. The molecule has 0 saturated heterocycles. The van der Waals surface area contributed by atoms with Crippen LogP contribution in [0.15, 0.2) is 47.4 Å². The Bertz CT molecular complexity index is 1090. The molecule has 0 atom stereocenters. The highest BCUT2D eigenvalue weighted by Crippen LogP contribution is 2.40. The number of thioether (sulfide) groups is 1. The number of ketones is 1. The van der Waals surface area contributed by atoms with Crippen molar-refractivity contribution in [2.75, 3.05) is 25.6 Å². The molecular weight excluding hydrogens is 613 g/mol. The molecule has 0 heterocycles. The lowest BCUT2D eigenvalue weighted by atomic mass is 10.1. The summed E-state index contributed by atoms with van der Waals surface area (Å²) >= 11 is 1.87. The molecule has 270 valence electrons. The molecule has 0 bridgehead atoms. The Morgan fingerprint density at radius 3 is 1.52 bits per heavy atom. The van der Waals surface area contributed by atoms with Gasteiger partial charge in [0.1, 0.15) is 0 Å². The monoisotopic (exact) mass is 680 g/mol. The van der Waals surface area contributed by atoms with Crippen molar-refractivity contribution in [3.8, 4) is 17.2 Å². The summed E-state index contributed by atoms with van der Waals surface area (Å²) in [5, 5.41) is 0. The minimum atomic E-state index is -0.0652. The third-order valence-corrected chi connectivity index (χ3v) is 9.89. The molecule has 2 rings (SSSR count). The van der Waals surface area contributed by atoms with E-state index in [1.807, 2.05) is 30.0 Å². The van der Waals surface area contributed by atoms with Crippen LogP contribution in [0.25, 0.3) is 6.08 Å². The van der Waals surface area contributed by atoms with Crippen LogP contribution in [0.1, 0.15) is 166 Å². The molecule has 0 radical (unpaired) electrons. The molecule has 0 aliphatic heterocycles. The number of benzene rings is 2. The Kier molecular flexibility index (Phi) is 23.9. The Balaban J connectivity index is 2.22. The van der Waals surface area contributed by atoms with Gasteiger partial charge in [-0.1, -0.05) is 149 Å². The number of allylic oxidation sites excluding steroid dienone is 1. The largest absolute Gasteiger partial charge is 0.490 e. The zero-order chi connectivity index (χ0) is 34.7. The Hall–Kier alpha value is -2.40.